The van der Waals surface area contributed by atoms with E-state index in [0.29, 0.717) is 47.9 Å². The molecule has 0 bridgehead atoms. The van der Waals surface area contributed by atoms with E-state index < -0.39 is 0 Å². The largest absolute Gasteiger partial charge is 0.444 e. The highest BCUT2D eigenvalue weighted by molar-refractivity contribution is 6.42. The van der Waals surface area contributed by atoms with Crippen molar-refractivity contribution in [2.24, 2.45) is 0 Å². The van der Waals surface area contributed by atoms with Crippen LogP contribution in [-0.4, -0.2) is 48.1 Å². The Morgan fingerprint density at radius 3 is 2.84 bits per heavy atom. The molecule has 0 radical (unpaired) electrons. The van der Waals surface area contributed by atoms with Crippen molar-refractivity contribution in [3.05, 3.63) is 76.1 Å². The van der Waals surface area contributed by atoms with Gasteiger partial charge < -0.3 is 14.5 Å². The fraction of sp³-hybridized carbons (Fsp3) is 0.304. The highest BCUT2D eigenvalue weighted by Crippen LogP contribution is 2.27. The van der Waals surface area contributed by atoms with Crippen molar-refractivity contribution < 1.29 is 13.9 Å². The molecule has 8 heteroatoms. The van der Waals surface area contributed by atoms with Gasteiger partial charge in [0.2, 0.25) is 11.8 Å². The van der Waals surface area contributed by atoms with E-state index in [-0.39, 0.29) is 18.4 Å². The molecule has 6 nitrogen and oxygen atoms in total. The molecule has 1 aliphatic heterocycles. The molecule has 1 aliphatic rings. The monoisotopic (exact) mass is 459 g/mol. The third-order valence-corrected chi connectivity index (χ3v) is 5.95. The number of carbonyl (C=O) groups is 1. The Morgan fingerprint density at radius 1 is 1.16 bits per heavy atom. The first-order chi connectivity index (χ1) is 15.1. The molecule has 1 N–H and O–H groups in total. The number of ether oxygens (including phenoxy) is 1. The zero-order valence-electron chi connectivity index (χ0n) is 16.9. The summed E-state index contributed by atoms with van der Waals surface area (Å²) in [6.07, 6.45) is 1.59. The van der Waals surface area contributed by atoms with Crippen molar-refractivity contribution in [2.75, 3.05) is 26.2 Å². The predicted octanol–water partition coefficient (Wildman–Crippen LogP) is 4.21. The van der Waals surface area contributed by atoms with E-state index in [1.807, 2.05) is 42.5 Å². The molecule has 162 valence electrons. The van der Waals surface area contributed by atoms with Crippen LogP contribution in [0.3, 0.4) is 0 Å². The molecule has 1 atom stereocenters. The van der Waals surface area contributed by atoms with Crippen LogP contribution in [0.2, 0.25) is 10.0 Å². The molecule has 0 aliphatic carbocycles. The Hall–Kier alpha value is -2.38. The molecule has 1 saturated heterocycles. The van der Waals surface area contributed by atoms with E-state index in [9.17, 15) is 4.79 Å². The number of benzene rings is 2. The van der Waals surface area contributed by atoms with Crippen LogP contribution < -0.4 is 5.32 Å². The lowest BCUT2D eigenvalue weighted by Gasteiger charge is -2.33. The third kappa shape index (κ3) is 5.86. The summed E-state index contributed by atoms with van der Waals surface area (Å²) < 4.78 is 11.3. The Morgan fingerprint density at radius 2 is 2.00 bits per heavy atom. The standard InChI is InChI=1S/C23H23Cl2N3O3/c24-20-8-4-7-17(22(20)25)13-28-9-10-30-19(14-28)12-26-21(29)11-18-15-31-23(27-18)16-5-2-1-3-6-16/h1-8,15,19H,9-14H2,(H,26,29)/t19-/m0/s1. The summed E-state index contributed by atoms with van der Waals surface area (Å²) in [6.45, 7) is 3.22. The second-order valence-corrected chi connectivity index (χ2v) is 8.22. The maximum Gasteiger partial charge on any atom is 0.226 e. The number of hydrogen-bond donors (Lipinski definition) is 1. The first kappa shape index (κ1) is 21.8. The van der Waals surface area contributed by atoms with Gasteiger partial charge in [0.05, 0.1) is 34.9 Å². The lowest BCUT2D eigenvalue weighted by atomic mass is 10.2. The summed E-state index contributed by atoms with van der Waals surface area (Å²) in [5.41, 5.74) is 2.46. The number of halogens is 2. The number of amides is 1. The molecule has 0 spiro atoms. The minimum absolute atomic E-state index is 0.0900. The van der Waals surface area contributed by atoms with Gasteiger partial charge in [0.15, 0.2) is 0 Å². The quantitative estimate of drug-likeness (QED) is 0.572. The zero-order chi connectivity index (χ0) is 21.6. The third-order valence-electron chi connectivity index (χ3n) is 5.09. The van der Waals surface area contributed by atoms with E-state index in [2.05, 4.69) is 15.2 Å². The lowest BCUT2D eigenvalue weighted by molar-refractivity contribution is -0.121. The minimum Gasteiger partial charge on any atom is -0.444 e. The number of hydrogen-bond acceptors (Lipinski definition) is 5. The minimum atomic E-state index is -0.119. The van der Waals surface area contributed by atoms with E-state index >= 15 is 0 Å². The molecule has 31 heavy (non-hydrogen) atoms. The summed E-state index contributed by atoms with van der Waals surface area (Å²) >= 11 is 12.4. The van der Waals surface area contributed by atoms with Crippen molar-refractivity contribution in [2.45, 2.75) is 19.1 Å². The van der Waals surface area contributed by atoms with Gasteiger partial charge in [-0.3, -0.25) is 9.69 Å². The maximum atomic E-state index is 12.4. The van der Waals surface area contributed by atoms with Crippen LogP contribution in [0.4, 0.5) is 0 Å². The van der Waals surface area contributed by atoms with Gasteiger partial charge >= 0.3 is 0 Å². The van der Waals surface area contributed by atoms with Gasteiger partial charge in [-0.1, -0.05) is 53.5 Å². The van der Waals surface area contributed by atoms with Crippen LogP contribution in [0.1, 0.15) is 11.3 Å². The summed E-state index contributed by atoms with van der Waals surface area (Å²) in [6, 6.07) is 15.2. The Labute approximate surface area is 191 Å². The van der Waals surface area contributed by atoms with Crippen molar-refractivity contribution >= 4 is 29.1 Å². The molecule has 1 fully saturated rings. The molecular weight excluding hydrogens is 437 g/mol. The average molecular weight is 460 g/mol. The number of carbonyl (C=O) groups excluding carboxylic acids is 1. The molecule has 1 amide bonds. The second kappa shape index (κ2) is 10.3. The van der Waals surface area contributed by atoms with Gasteiger partial charge in [-0.05, 0) is 23.8 Å². The van der Waals surface area contributed by atoms with Crippen molar-refractivity contribution in [1.82, 2.24) is 15.2 Å². The van der Waals surface area contributed by atoms with E-state index in [4.69, 9.17) is 32.4 Å². The van der Waals surface area contributed by atoms with Crippen LogP contribution in [0.25, 0.3) is 11.5 Å². The van der Waals surface area contributed by atoms with Crippen molar-refractivity contribution in [1.29, 1.82) is 0 Å². The maximum absolute atomic E-state index is 12.4. The molecule has 2 heterocycles. The molecule has 1 aromatic heterocycles. The Balaban J connectivity index is 1.25. The fourth-order valence-corrected chi connectivity index (χ4v) is 3.90. The van der Waals surface area contributed by atoms with E-state index in [1.54, 1.807) is 6.07 Å². The van der Waals surface area contributed by atoms with Gasteiger partial charge in [0.25, 0.3) is 0 Å². The summed E-state index contributed by atoms with van der Waals surface area (Å²) in [7, 11) is 0. The molecule has 2 aromatic carbocycles. The predicted molar refractivity (Wildman–Crippen MR) is 120 cm³/mol. The van der Waals surface area contributed by atoms with Crippen LogP contribution >= 0.6 is 23.2 Å². The van der Waals surface area contributed by atoms with E-state index in [0.717, 1.165) is 17.7 Å². The second-order valence-electron chi connectivity index (χ2n) is 7.43. The van der Waals surface area contributed by atoms with Crippen molar-refractivity contribution in [3.63, 3.8) is 0 Å². The smallest absolute Gasteiger partial charge is 0.226 e. The van der Waals surface area contributed by atoms with Gasteiger partial charge in [0, 0.05) is 31.7 Å². The number of nitrogens with zero attached hydrogens (tertiary/aromatic N) is 2. The van der Waals surface area contributed by atoms with Crippen LogP contribution in [0.15, 0.2) is 59.2 Å². The van der Waals surface area contributed by atoms with Gasteiger partial charge in [-0.2, -0.15) is 0 Å². The van der Waals surface area contributed by atoms with Gasteiger partial charge in [-0.15, -0.1) is 0 Å². The van der Waals surface area contributed by atoms with Crippen LogP contribution in [0, 0.1) is 0 Å². The lowest BCUT2D eigenvalue weighted by Crippen LogP contribution is -2.47. The normalized spacial score (nSPS) is 16.9. The van der Waals surface area contributed by atoms with Crippen molar-refractivity contribution in [3.8, 4) is 11.5 Å². The number of morpholine rings is 1. The molecule has 0 saturated carbocycles. The first-order valence-corrected chi connectivity index (χ1v) is 10.9. The number of rotatable bonds is 7. The SMILES string of the molecule is O=C(Cc1coc(-c2ccccc2)n1)NC[C@H]1CN(Cc2cccc(Cl)c2Cl)CCO1. The van der Waals surface area contributed by atoms with Crippen LogP contribution in [-0.2, 0) is 22.5 Å². The summed E-state index contributed by atoms with van der Waals surface area (Å²) in [4.78, 5) is 19.0. The molecule has 0 unspecified atom stereocenters. The zero-order valence-corrected chi connectivity index (χ0v) is 18.4. The summed E-state index contributed by atoms with van der Waals surface area (Å²) in [5, 5.41) is 4.08. The fourth-order valence-electron chi connectivity index (χ4n) is 3.52. The number of nitrogens with one attached hydrogen (secondary N) is 1. The first-order valence-electron chi connectivity index (χ1n) is 10.1. The molecule has 3 aromatic rings. The van der Waals surface area contributed by atoms with Crippen LogP contribution in [0.5, 0.6) is 0 Å². The average Bonchev–Trinajstić information content (AvgIpc) is 3.25. The molecular formula is C23H23Cl2N3O3. The van der Waals surface area contributed by atoms with E-state index in [1.165, 1.54) is 6.26 Å². The highest BCUT2D eigenvalue weighted by Gasteiger charge is 2.22. The summed E-state index contributed by atoms with van der Waals surface area (Å²) in [5.74, 6) is 0.390. The Bertz CT molecular complexity index is 1030. The number of aromatic nitrogens is 1. The topological polar surface area (TPSA) is 67.6 Å². The Kier molecular flexibility index (Phi) is 7.25. The molecule has 4 rings (SSSR count). The van der Waals surface area contributed by atoms with Gasteiger partial charge in [-0.25, -0.2) is 4.98 Å². The number of oxazole rings is 1. The van der Waals surface area contributed by atoms with Gasteiger partial charge in [0.1, 0.15) is 6.26 Å². The highest BCUT2D eigenvalue weighted by atomic mass is 35.5.